The zero-order valence-corrected chi connectivity index (χ0v) is 12.1. The minimum Gasteiger partial charge on any atom is -0.478 e. The molecular formula is C12H14FNO4S2. The summed E-state index contributed by atoms with van der Waals surface area (Å²) >= 11 is 1.76. The number of hydrogen-bond donors (Lipinski definition) is 2. The van der Waals surface area contributed by atoms with Gasteiger partial charge in [0, 0.05) is 6.54 Å². The number of aromatic carboxylic acids is 1. The molecule has 0 radical (unpaired) electrons. The number of thioether (sulfide) groups is 1. The SMILES string of the molecule is O=C(O)c1ccc(S(=O)(=O)NCC2CCSC2)c(F)c1. The molecule has 8 heteroatoms. The van der Waals surface area contributed by atoms with Gasteiger partial charge in [-0.15, -0.1) is 0 Å². The van der Waals surface area contributed by atoms with Gasteiger partial charge in [-0.05, 0) is 42.0 Å². The van der Waals surface area contributed by atoms with Gasteiger partial charge in [0.25, 0.3) is 0 Å². The first-order valence-corrected chi connectivity index (χ1v) is 8.64. The first-order chi connectivity index (χ1) is 9.40. The van der Waals surface area contributed by atoms with Crippen molar-refractivity contribution in [2.45, 2.75) is 11.3 Å². The molecule has 0 aromatic heterocycles. The maximum Gasteiger partial charge on any atom is 0.335 e. The summed E-state index contributed by atoms with van der Waals surface area (Å²) in [5.41, 5.74) is -0.284. The minimum atomic E-state index is -3.95. The Kier molecular flexibility index (Phi) is 4.66. The molecule has 1 heterocycles. The third-order valence-corrected chi connectivity index (χ3v) is 5.74. The Balaban J connectivity index is 2.14. The predicted molar refractivity (Wildman–Crippen MR) is 74.0 cm³/mol. The number of rotatable bonds is 5. The molecule has 1 unspecified atom stereocenters. The molecular weight excluding hydrogens is 305 g/mol. The second kappa shape index (κ2) is 6.11. The van der Waals surface area contributed by atoms with Crippen LogP contribution in [0.4, 0.5) is 4.39 Å². The van der Waals surface area contributed by atoms with Gasteiger partial charge >= 0.3 is 5.97 Å². The molecule has 1 atom stereocenters. The van der Waals surface area contributed by atoms with Gasteiger partial charge < -0.3 is 5.11 Å². The number of nitrogens with one attached hydrogen (secondary N) is 1. The van der Waals surface area contributed by atoms with Crippen molar-refractivity contribution < 1.29 is 22.7 Å². The third-order valence-electron chi connectivity index (χ3n) is 3.05. The lowest BCUT2D eigenvalue weighted by Gasteiger charge is -2.11. The highest BCUT2D eigenvalue weighted by Crippen LogP contribution is 2.23. The normalized spacial score (nSPS) is 19.1. The van der Waals surface area contributed by atoms with Crippen molar-refractivity contribution >= 4 is 27.8 Å². The van der Waals surface area contributed by atoms with E-state index >= 15 is 0 Å². The fourth-order valence-electron chi connectivity index (χ4n) is 1.90. The van der Waals surface area contributed by atoms with Crippen molar-refractivity contribution in [1.82, 2.24) is 4.72 Å². The summed E-state index contributed by atoms with van der Waals surface area (Å²) in [7, 11) is -3.95. The van der Waals surface area contributed by atoms with E-state index in [1.54, 1.807) is 11.8 Å². The molecule has 0 spiro atoms. The lowest BCUT2D eigenvalue weighted by atomic mass is 10.1. The molecule has 0 saturated carbocycles. The lowest BCUT2D eigenvalue weighted by Crippen LogP contribution is -2.30. The minimum absolute atomic E-state index is 0.260. The maximum atomic E-state index is 13.7. The van der Waals surface area contributed by atoms with Gasteiger partial charge in [-0.2, -0.15) is 11.8 Å². The van der Waals surface area contributed by atoms with E-state index < -0.39 is 26.7 Å². The standard InChI is InChI=1S/C12H14FNO4S2/c13-10-5-9(12(15)16)1-2-11(10)20(17,18)14-6-8-3-4-19-7-8/h1-2,5,8,14H,3-4,6-7H2,(H,15,16). The quantitative estimate of drug-likeness (QED) is 0.860. The summed E-state index contributed by atoms with van der Waals surface area (Å²) in [6.45, 7) is 0.273. The molecule has 2 N–H and O–H groups in total. The summed E-state index contributed by atoms with van der Waals surface area (Å²) in [5, 5.41) is 8.72. The summed E-state index contributed by atoms with van der Waals surface area (Å²) < 4.78 is 40.1. The molecule has 1 aromatic rings. The second-order valence-electron chi connectivity index (χ2n) is 4.53. The van der Waals surface area contributed by atoms with Crippen molar-refractivity contribution in [1.29, 1.82) is 0 Å². The molecule has 110 valence electrons. The van der Waals surface area contributed by atoms with E-state index in [1.165, 1.54) is 0 Å². The second-order valence-corrected chi connectivity index (χ2v) is 7.42. The Morgan fingerprint density at radius 3 is 2.80 bits per heavy atom. The van der Waals surface area contributed by atoms with Crippen LogP contribution in [0.3, 0.4) is 0 Å². The van der Waals surface area contributed by atoms with Crippen molar-refractivity contribution in [3.05, 3.63) is 29.6 Å². The Labute approximate surface area is 120 Å². The topological polar surface area (TPSA) is 83.5 Å². The van der Waals surface area contributed by atoms with Gasteiger partial charge in [-0.25, -0.2) is 22.3 Å². The summed E-state index contributed by atoms with van der Waals surface area (Å²) in [6.07, 6.45) is 0.938. The predicted octanol–water partition coefficient (Wildman–Crippen LogP) is 1.56. The number of halogens is 1. The average molecular weight is 319 g/mol. The van der Waals surface area contributed by atoms with Crippen LogP contribution in [0.5, 0.6) is 0 Å². The van der Waals surface area contributed by atoms with Gasteiger partial charge in [0.2, 0.25) is 10.0 Å². The van der Waals surface area contributed by atoms with Crippen LogP contribution in [0.15, 0.2) is 23.1 Å². The number of sulfonamides is 1. The lowest BCUT2D eigenvalue weighted by molar-refractivity contribution is 0.0696. The number of benzene rings is 1. The molecule has 1 fully saturated rings. The van der Waals surface area contributed by atoms with Gasteiger partial charge in [-0.3, -0.25) is 0 Å². The van der Waals surface area contributed by atoms with Crippen LogP contribution in [-0.2, 0) is 10.0 Å². The van der Waals surface area contributed by atoms with E-state index in [0.29, 0.717) is 6.07 Å². The summed E-state index contributed by atoms with van der Waals surface area (Å²) in [4.78, 5) is 10.2. The molecule has 1 aromatic carbocycles. The molecule has 1 aliphatic rings. The highest BCUT2D eigenvalue weighted by Gasteiger charge is 2.23. The third kappa shape index (κ3) is 3.50. The molecule has 0 amide bonds. The van der Waals surface area contributed by atoms with Crippen molar-refractivity contribution in [2.24, 2.45) is 5.92 Å². The molecule has 0 bridgehead atoms. The smallest absolute Gasteiger partial charge is 0.335 e. The van der Waals surface area contributed by atoms with Crippen molar-refractivity contribution in [2.75, 3.05) is 18.1 Å². The van der Waals surface area contributed by atoms with Crippen LogP contribution in [0, 0.1) is 11.7 Å². The van der Waals surface area contributed by atoms with E-state index in [0.717, 1.165) is 30.1 Å². The first kappa shape index (κ1) is 15.3. The molecule has 0 aliphatic carbocycles. The molecule has 5 nitrogen and oxygen atoms in total. The molecule has 2 rings (SSSR count). The van der Waals surface area contributed by atoms with E-state index in [2.05, 4.69) is 4.72 Å². The number of carbonyl (C=O) groups is 1. The van der Waals surface area contributed by atoms with Crippen LogP contribution in [0.2, 0.25) is 0 Å². The first-order valence-electron chi connectivity index (χ1n) is 6.00. The summed E-state index contributed by atoms with van der Waals surface area (Å²) in [6, 6.07) is 2.76. The number of carboxylic acid groups (broad SMARTS) is 1. The highest BCUT2D eigenvalue weighted by atomic mass is 32.2. The Morgan fingerprint density at radius 1 is 1.50 bits per heavy atom. The van der Waals surface area contributed by atoms with E-state index in [1.807, 2.05) is 0 Å². The van der Waals surface area contributed by atoms with Gasteiger partial charge in [0.05, 0.1) is 5.56 Å². The zero-order valence-electron chi connectivity index (χ0n) is 10.5. The van der Waals surface area contributed by atoms with E-state index in [-0.39, 0.29) is 18.0 Å². The molecule has 1 aliphatic heterocycles. The summed E-state index contributed by atoms with van der Waals surface area (Å²) in [5.74, 6) is -0.199. The van der Waals surface area contributed by atoms with Crippen LogP contribution in [0.25, 0.3) is 0 Å². The monoisotopic (exact) mass is 319 g/mol. The van der Waals surface area contributed by atoms with Crippen LogP contribution < -0.4 is 4.72 Å². The van der Waals surface area contributed by atoms with Gasteiger partial charge in [0.15, 0.2) is 0 Å². The van der Waals surface area contributed by atoms with Crippen LogP contribution in [-0.4, -0.2) is 37.5 Å². The average Bonchev–Trinajstić information content (AvgIpc) is 2.89. The van der Waals surface area contributed by atoms with Crippen molar-refractivity contribution in [3.8, 4) is 0 Å². The van der Waals surface area contributed by atoms with E-state index in [9.17, 15) is 17.6 Å². The van der Waals surface area contributed by atoms with Crippen molar-refractivity contribution in [3.63, 3.8) is 0 Å². The molecule has 1 saturated heterocycles. The fourth-order valence-corrected chi connectivity index (χ4v) is 4.36. The Hall–Kier alpha value is -1.12. The molecule has 20 heavy (non-hydrogen) atoms. The van der Waals surface area contributed by atoms with Crippen LogP contribution in [0.1, 0.15) is 16.8 Å². The van der Waals surface area contributed by atoms with Gasteiger partial charge in [-0.1, -0.05) is 0 Å². The largest absolute Gasteiger partial charge is 0.478 e. The number of hydrogen-bond acceptors (Lipinski definition) is 4. The van der Waals surface area contributed by atoms with Crippen LogP contribution >= 0.6 is 11.8 Å². The zero-order chi connectivity index (χ0) is 14.8. The highest BCUT2D eigenvalue weighted by molar-refractivity contribution is 7.99. The fraction of sp³-hybridized carbons (Fsp3) is 0.417. The van der Waals surface area contributed by atoms with Gasteiger partial charge in [0.1, 0.15) is 10.7 Å². The maximum absolute atomic E-state index is 13.7. The van der Waals surface area contributed by atoms with E-state index in [4.69, 9.17) is 5.11 Å². The Morgan fingerprint density at radius 2 is 2.25 bits per heavy atom. The Bertz CT molecular complexity index is 612. The number of carboxylic acids is 1.